The zero-order chi connectivity index (χ0) is 13.3. The molecular formula is C15H15BrN2O. The van der Waals surface area contributed by atoms with Crippen molar-refractivity contribution in [3.05, 3.63) is 60.2 Å². The van der Waals surface area contributed by atoms with Crippen LogP contribution in [0.2, 0.25) is 0 Å². The van der Waals surface area contributed by atoms with Crippen LogP contribution in [-0.2, 0) is 0 Å². The van der Waals surface area contributed by atoms with Crippen molar-refractivity contribution in [2.45, 2.75) is 0 Å². The highest BCUT2D eigenvalue weighted by Gasteiger charge is 1.99. The highest BCUT2D eigenvalue weighted by Crippen LogP contribution is 2.16. The summed E-state index contributed by atoms with van der Waals surface area (Å²) >= 11 is 3.34. The number of hydrogen-bond donors (Lipinski definition) is 1. The Kier molecular flexibility index (Phi) is 5.44. The smallest absolute Gasteiger partial charge is 0.128 e. The van der Waals surface area contributed by atoms with Crippen molar-refractivity contribution in [3.63, 3.8) is 0 Å². The van der Waals surface area contributed by atoms with Crippen molar-refractivity contribution < 1.29 is 4.74 Å². The van der Waals surface area contributed by atoms with Gasteiger partial charge in [0.1, 0.15) is 5.75 Å². The molecule has 4 heteroatoms. The van der Waals surface area contributed by atoms with E-state index in [1.165, 1.54) is 0 Å². The molecule has 0 spiro atoms. The number of benzene rings is 2. The van der Waals surface area contributed by atoms with E-state index >= 15 is 0 Å². The Bertz CT molecular complexity index is 529. The van der Waals surface area contributed by atoms with Gasteiger partial charge in [0.05, 0.1) is 18.5 Å². The van der Waals surface area contributed by atoms with Gasteiger partial charge in [-0.15, -0.1) is 0 Å². The summed E-state index contributed by atoms with van der Waals surface area (Å²) in [5.41, 5.74) is 4.89. The average molecular weight is 319 g/mol. The normalized spacial score (nSPS) is 10.6. The topological polar surface area (TPSA) is 33.6 Å². The zero-order valence-corrected chi connectivity index (χ0v) is 12.0. The summed E-state index contributed by atoms with van der Waals surface area (Å²) in [5.74, 6) is 0.834. The van der Waals surface area contributed by atoms with Gasteiger partial charge in [-0.05, 0) is 24.3 Å². The first kappa shape index (κ1) is 13.6. The number of halogens is 1. The van der Waals surface area contributed by atoms with Crippen molar-refractivity contribution in [2.24, 2.45) is 5.10 Å². The van der Waals surface area contributed by atoms with Crippen LogP contribution >= 0.6 is 15.9 Å². The van der Waals surface area contributed by atoms with Crippen LogP contribution in [0.4, 0.5) is 5.69 Å². The summed E-state index contributed by atoms with van der Waals surface area (Å²) in [6, 6.07) is 17.6. The molecular weight excluding hydrogens is 304 g/mol. The number of nitrogens with one attached hydrogen (secondary N) is 1. The Morgan fingerprint density at radius 3 is 2.58 bits per heavy atom. The average Bonchev–Trinajstić information content (AvgIpc) is 2.47. The molecule has 0 saturated heterocycles. The van der Waals surface area contributed by atoms with E-state index in [0.29, 0.717) is 6.61 Å². The molecule has 0 fully saturated rings. The van der Waals surface area contributed by atoms with Crippen molar-refractivity contribution in [2.75, 3.05) is 17.4 Å². The predicted molar refractivity (Wildman–Crippen MR) is 83.4 cm³/mol. The van der Waals surface area contributed by atoms with Crippen molar-refractivity contribution in [1.29, 1.82) is 0 Å². The van der Waals surface area contributed by atoms with E-state index in [0.717, 1.165) is 22.3 Å². The van der Waals surface area contributed by atoms with Crippen LogP contribution in [0.15, 0.2) is 59.7 Å². The third-order valence-corrected chi connectivity index (χ3v) is 2.75. The molecule has 2 aromatic rings. The summed E-state index contributed by atoms with van der Waals surface area (Å²) in [6.07, 6.45) is 1.76. The molecule has 1 N–H and O–H groups in total. The molecule has 3 nitrogen and oxygen atoms in total. The van der Waals surface area contributed by atoms with E-state index in [2.05, 4.69) is 26.5 Å². The fourth-order valence-electron chi connectivity index (χ4n) is 1.56. The fraction of sp³-hybridized carbons (Fsp3) is 0.133. The first-order valence-electron chi connectivity index (χ1n) is 6.02. The first-order chi connectivity index (χ1) is 9.40. The van der Waals surface area contributed by atoms with Gasteiger partial charge in [0.15, 0.2) is 0 Å². The van der Waals surface area contributed by atoms with Crippen LogP contribution in [0.5, 0.6) is 5.75 Å². The van der Waals surface area contributed by atoms with Gasteiger partial charge in [0, 0.05) is 10.9 Å². The zero-order valence-electron chi connectivity index (χ0n) is 10.4. The minimum Gasteiger partial charge on any atom is -0.492 e. The van der Waals surface area contributed by atoms with Gasteiger partial charge in [0.25, 0.3) is 0 Å². The molecule has 0 radical (unpaired) electrons. The quantitative estimate of drug-likeness (QED) is 0.498. The minimum atomic E-state index is 0.636. The first-order valence-corrected chi connectivity index (χ1v) is 7.14. The maximum absolute atomic E-state index is 5.62. The number of alkyl halides is 1. The Balaban J connectivity index is 2.02. The second kappa shape index (κ2) is 7.59. The Hall–Kier alpha value is -1.81. The summed E-state index contributed by atoms with van der Waals surface area (Å²) in [5, 5.41) is 5.02. The molecule has 0 aromatic heterocycles. The van der Waals surface area contributed by atoms with E-state index in [9.17, 15) is 0 Å². The largest absolute Gasteiger partial charge is 0.492 e. The lowest BCUT2D eigenvalue weighted by Crippen LogP contribution is -2.01. The van der Waals surface area contributed by atoms with Gasteiger partial charge >= 0.3 is 0 Å². The van der Waals surface area contributed by atoms with Crippen LogP contribution in [0.3, 0.4) is 0 Å². The molecule has 2 rings (SSSR count). The summed E-state index contributed by atoms with van der Waals surface area (Å²) in [4.78, 5) is 0. The number of hydrazone groups is 1. The van der Waals surface area contributed by atoms with Crippen molar-refractivity contribution in [1.82, 2.24) is 0 Å². The number of hydrogen-bond acceptors (Lipinski definition) is 3. The third-order valence-electron chi connectivity index (χ3n) is 2.42. The summed E-state index contributed by atoms with van der Waals surface area (Å²) in [6.45, 7) is 0.636. The molecule has 19 heavy (non-hydrogen) atoms. The standard InChI is InChI=1S/C15H15BrN2O/c16-10-11-19-15-9-5-4-6-13(15)12-17-18-14-7-2-1-3-8-14/h1-9,12,18H,10-11H2. The highest BCUT2D eigenvalue weighted by molar-refractivity contribution is 9.09. The van der Waals surface area contributed by atoms with E-state index in [1.54, 1.807) is 6.21 Å². The molecule has 0 atom stereocenters. The molecule has 0 aliphatic heterocycles. The molecule has 0 aliphatic carbocycles. The van der Waals surface area contributed by atoms with Crippen LogP contribution < -0.4 is 10.2 Å². The fourth-order valence-corrected chi connectivity index (χ4v) is 1.72. The van der Waals surface area contributed by atoms with Crippen LogP contribution in [0.1, 0.15) is 5.56 Å². The molecule has 0 unspecified atom stereocenters. The number of nitrogens with zero attached hydrogens (tertiary/aromatic N) is 1. The molecule has 0 heterocycles. The third kappa shape index (κ3) is 4.41. The number of rotatable bonds is 6. The number of anilines is 1. The second-order valence-electron chi connectivity index (χ2n) is 3.81. The lowest BCUT2D eigenvalue weighted by atomic mass is 10.2. The van der Waals surface area contributed by atoms with Crippen LogP contribution in [0, 0.1) is 0 Å². The molecule has 98 valence electrons. The van der Waals surface area contributed by atoms with Gasteiger partial charge < -0.3 is 4.74 Å². The molecule has 2 aromatic carbocycles. The monoisotopic (exact) mass is 318 g/mol. The lowest BCUT2D eigenvalue weighted by Gasteiger charge is -2.07. The van der Waals surface area contributed by atoms with Crippen LogP contribution in [0.25, 0.3) is 0 Å². The van der Waals surface area contributed by atoms with E-state index in [4.69, 9.17) is 4.74 Å². The van der Waals surface area contributed by atoms with Gasteiger partial charge in [-0.3, -0.25) is 5.43 Å². The molecule has 0 saturated carbocycles. The Morgan fingerprint density at radius 2 is 1.79 bits per heavy atom. The second-order valence-corrected chi connectivity index (χ2v) is 4.60. The maximum atomic E-state index is 5.62. The Morgan fingerprint density at radius 1 is 1.05 bits per heavy atom. The maximum Gasteiger partial charge on any atom is 0.128 e. The van der Waals surface area contributed by atoms with Gasteiger partial charge in [-0.25, -0.2) is 0 Å². The SMILES string of the molecule is BrCCOc1ccccc1C=NNc1ccccc1. The summed E-state index contributed by atoms with van der Waals surface area (Å²) in [7, 11) is 0. The van der Waals surface area contributed by atoms with Gasteiger partial charge in [-0.2, -0.15) is 5.10 Å². The van der Waals surface area contributed by atoms with E-state index in [-0.39, 0.29) is 0 Å². The summed E-state index contributed by atoms with van der Waals surface area (Å²) < 4.78 is 5.62. The van der Waals surface area contributed by atoms with Crippen LogP contribution in [-0.4, -0.2) is 18.2 Å². The predicted octanol–water partition coefficient (Wildman–Crippen LogP) is 3.91. The van der Waals surface area contributed by atoms with Crippen molar-refractivity contribution in [3.8, 4) is 5.75 Å². The molecule has 0 bridgehead atoms. The highest BCUT2D eigenvalue weighted by atomic mass is 79.9. The lowest BCUT2D eigenvalue weighted by molar-refractivity contribution is 0.344. The number of ether oxygens (including phenoxy) is 1. The molecule has 0 amide bonds. The minimum absolute atomic E-state index is 0.636. The van der Waals surface area contributed by atoms with E-state index in [1.807, 2.05) is 54.6 Å². The molecule has 0 aliphatic rings. The van der Waals surface area contributed by atoms with Crippen molar-refractivity contribution >= 4 is 27.8 Å². The van der Waals surface area contributed by atoms with Gasteiger partial charge in [-0.1, -0.05) is 46.3 Å². The van der Waals surface area contributed by atoms with Gasteiger partial charge in [0.2, 0.25) is 0 Å². The van der Waals surface area contributed by atoms with E-state index < -0.39 is 0 Å². The number of para-hydroxylation sites is 2. The Labute approximate surface area is 121 Å².